The number of thioether (sulfide) groups is 1. The van der Waals surface area contributed by atoms with Crippen LogP contribution in [0.4, 0.5) is 0 Å². The Labute approximate surface area is 105 Å². The molecule has 0 bridgehead atoms. The lowest BCUT2D eigenvalue weighted by Crippen LogP contribution is -2.24. The number of hydrogen-bond acceptors (Lipinski definition) is 7. The van der Waals surface area contributed by atoms with Crippen LogP contribution < -0.4 is 5.32 Å². The molecule has 0 radical (unpaired) electrons. The summed E-state index contributed by atoms with van der Waals surface area (Å²) in [5.74, 6) is 0.595. The summed E-state index contributed by atoms with van der Waals surface area (Å²) in [6.07, 6.45) is -0.357. The summed E-state index contributed by atoms with van der Waals surface area (Å²) in [4.78, 5) is 0. The molecule has 0 aliphatic rings. The molecule has 0 fully saturated rings. The first-order valence-corrected chi connectivity index (χ1v) is 6.49. The van der Waals surface area contributed by atoms with Crippen LogP contribution >= 0.6 is 11.8 Å². The summed E-state index contributed by atoms with van der Waals surface area (Å²) in [5.41, 5.74) is 0. The van der Waals surface area contributed by atoms with E-state index in [-0.39, 0.29) is 6.10 Å². The maximum Gasteiger partial charge on any atom is 0.209 e. The minimum absolute atomic E-state index is 0.357. The molecular weight excluding hydrogens is 242 g/mol. The number of aliphatic hydroxyl groups is 1. The molecule has 1 aromatic rings. The number of nitrogens with one attached hydrogen (secondary N) is 1. The smallest absolute Gasteiger partial charge is 0.209 e. The molecule has 1 heterocycles. The monoisotopic (exact) mass is 261 g/mol. The quantitative estimate of drug-likeness (QED) is 0.453. The third-order valence-corrected chi connectivity index (χ3v) is 3.14. The van der Waals surface area contributed by atoms with Gasteiger partial charge < -0.3 is 15.2 Å². The first kappa shape index (κ1) is 14.4. The van der Waals surface area contributed by atoms with Crippen molar-refractivity contribution < 1.29 is 9.84 Å². The van der Waals surface area contributed by atoms with Gasteiger partial charge in [0.1, 0.15) is 0 Å². The Hall–Kier alpha value is -0.700. The summed E-state index contributed by atoms with van der Waals surface area (Å²) in [6.45, 7) is 4.75. The second-order valence-electron chi connectivity index (χ2n) is 3.59. The van der Waals surface area contributed by atoms with E-state index in [4.69, 9.17) is 4.74 Å². The van der Waals surface area contributed by atoms with Crippen LogP contribution in [0.3, 0.4) is 0 Å². The average molecular weight is 261 g/mol. The fourth-order valence-corrected chi connectivity index (χ4v) is 1.88. The molecule has 7 nitrogen and oxygen atoms in total. The summed E-state index contributed by atoms with van der Waals surface area (Å²) < 4.78 is 6.66. The minimum Gasteiger partial charge on any atom is -0.393 e. The van der Waals surface area contributed by atoms with Gasteiger partial charge in [-0.1, -0.05) is 11.8 Å². The zero-order chi connectivity index (χ0) is 12.5. The zero-order valence-electron chi connectivity index (χ0n) is 10.2. The Balaban J connectivity index is 2.25. The van der Waals surface area contributed by atoms with Crippen molar-refractivity contribution in [1.82, 2.24) is 25.5 Å². The molecular formula is C9H19N5O2S. The fraction of sp³-hybridized carbons (Fsp3) is 0.889. The van der Waals surface area contributed by atoms with Gasteiger partial charge in [0.15, 0.2) is 0 Å². The van der Waals surface area contributed by atoms with E-state index in [2.05, 4.69) is 20.8 Å². The SMILES string of the molecule is COCCNCCn1nnnc1SCC(C)O. The van der Waals surface area contributed by atoms with Crippen molar-refractivity contribution in [1.29, 1.82) is 0 Å². The fourth-order valence-electron chi connectivity index (χ4n) is 1.12. The predicted octanol–water partition coefficient (Wildman–Crippen LogP) is -0.618. The first-order valence-electron chi connectivity index (χ1n) is 5.50. The number of ether oxygens (including phenoxy) is 1. The van der Waals surface area contributed by atoms with Crippen molar-refractivity contribution in [2.24, 2.45) is 0 Å². The number of rotatable bonds is 9. The number of methoxy groups -OCH3 is 1. The average Bonchev–Trinajstić information content (AvgIpc) is 2.73. The van der Waals surface area contributed by atoms with Gasteiger partial charge in [0.25, 0.3) is 0 Å². The van der Waals surface area contributed by atoms with Gasteiger partial charge in [0.05, 0.1) is 19.3 Å². The number of aliphatic hydroxyl groups excluding tert-OH is 1. The highest BCUT2D eigenvalue weighted by Gasteiger charge is 2.07. The van der Waals surface area contributed by atoms with Gasteiger partial charge in [-0.15, -0.1) is 5.10 Å². The van der Waals surface area contributed by atoms with Crippen LogP contribution in [0.1, 0.15) is 6.92 Å². The van der Waals surface area contributed by atoms with Crippen LogP contribution in [0.2, 0.25) is 0 Å². The van der Waals surface area contributed by atoms with Crippen LogP contribution in [0, 0.1) is 0 Å². The third kappa shape index (κ3) is 5.97. The van der Waals surface area contributed by atoms with E-state index in [1.165, 1.54) is 11.8 Å². The van der Waals surface area contributed by atoms with Gasteiger partial charge in [-0.05, 0) is 17.4 Å². The Morgan fingerprint density at radius 3 is 3.06 bits per heavy atom. The molecule has 0 saturated heterocycles. The highest BCUT2D eigenvalue weighted by molar-refractivity contribution is 7.99. The molecule has 17 heavy (non-hydrogen) atoms. The molecule has 1 atom stereocenters. The highest BCUT2D eigenvalue weighted by atomic mass is 32.2. The van der Waals surface area contributed by atoms with E-state index >= 15 is 0 Å². The summed E-state index contributed by atoms with van der Waals surface area (Å²) in [5, 5.41) is 24.6. The van der Waals surface area contributed by atoms with E-state index in [9.17, 15) is 5.11 Å². The van der Waals surface area contributed by atoms with Crippen molar-refractivity contribution in [2.75, 3.05) is 32.6 Å². The molecule has 1 rings (SSSR count). The molecule has 2 N–H and O–H groups in total. The van der Waals surface area contributed by atoms with E-state index in [1.54, 1.807) is 18.7 Å². The summed E-state index contributed by atoms with van der Waals surface area (Å²) >= 11 is 1.45. The van der Waals surface area contributed by atoms with Gasteiger partial charge in [0.2, 0.25) is 5.16 Å². The highest BCUT2D eigenvalue weighted by Crippen LogP contribution is 2.14. The van der Waals surface area contributed by atoms with E-state index in [1.807, 2.05) is 0 Å². The van der Waals surface area contributed by atoms with Gasteiger partial charge in [0, 0.05) is 26.0 Å². The molecule has 0 aliphatic carbocycles. The molecule has 98 valence electrons. The predicted molar refractivity (Wildman–Crippen MR) is 65.0 cm³/mol. The Kier molecular flexibility index (Phi) is 7.10. The Morgan fingerprint density at radius 1 is 1.53 bits per heavy atom. The van der Waals surface area contributed by atoms with Crippen LogP contribution in [-0.2, 0) is 11.3 Å². The number of nitrogens with zero attached hydrogens (tertiary/aromatic N) is 4. The molecule has 8 heteroatoms. The van der Waals surface area contributed by atoms with Crippen molar-refractivity contribution in [3.8, 4) is 0 Å². The maximum atomic E-state index is 9.19. The largest absolute Gasteiger partial charge is 0.393 e. The van der Waals surface area contributed by atoms with E-state index < -0.39 is 0 Å². The van der Waals surface area contributed by atoms with Crippen LogP contribution in [0.25, 0.3) is 0 Å². The number of tetrazole rings is 1. The zero-order valence-corrected chi connectivity index (χ0v) is 11.0. The molecule has 0 aromatic carbocycles. The van der Waals surface area contributed by atoms with Crippen LogP contribution in [0.5, 0.6) is 0 Å². The van der Waals surface area contributed by atoms with E-state index in [0.29, 0.717) is 18.9 Å². The van der Waals surface area contributed by atoms with Crippen LogP contribution in [-0.4, -0.2) is 64.0 Å². The van der Waals surface area contributed by atoms with Gasteiger partial charge in [-0.25, -0.2) is 4.68 Å². The second kappa shape index (κ2) is 8.40. The molecule has 1 aromatic heterocycles. The topological polar surface area (TPSA) is 85.1 Å². The molecule has 0 spiro atoms. The molecule has 0 aliphatic heterocycles. The van der Waals surface area contributed by atoms with Crippen molar-refractivity contribution >= 4 is 11.8 Å². The first-order chi connectivity index (χ1) is 8.24. The van der Waals surface area contributed by atoms with Crippen molar-refractivity contribution in [3.05, 3.63) is 0 Å². The third-order valence-electron chi connectivity index (χ3n) is 1.94. The van der Waals surface area contributed by atoms with Gasteiger partial charge in [-0.3, -0.25) is 0 Å². The van der Waals surface area contributed by atoms with Crippen molar-refractivity contribution in [2.45, 2.75) is 24.7 Å². The molecule has 0 saturated carbocycles. The standard InChI is InChI=1S/C9H19N5O2S/c1-8(15)7-17-9-11-12-13-14(9)5-3-10-4-6-16-2/h8,10,15H,3-7H2,1-2H3. The normalized spacial score (nSPS) is 12.9. The number of hydrogen-bond donors (Lipinski definition) is 2. The second-order valence-corrected chi connectivity index (χ2v) is 4.57. The lowest BCUT2D eigenvalue weighted by Gasteiger charge is -2.06. The van der Waals surface area contributed by atoms with Gasteiger partial charge in [-0.2, -0.15) is 0 Å². The van der Waals surface area contributed by atoms with Crippen LogP contribution in [0.15, 0.2) is 5.16 Å². The Morgan fingerprint density at radius 2 is 2.35 bits per heavy atom. The minimum atomic E-state index is -0.357. The lowest BCUT2D eigenvalue weighted by molar-refractivity contribution is 0.199. The summed E-state index contributed by atoms with van der Waals surface area (Å²) in [7, 11) is 1.67. The maximum absolute atomic E-state index is 9.19. The molecule has 1 unspecified atom stereocenters. The van der Waals surface area contributed by atoms with Gasteiger partial charge >= 0.3 is 0 Å². The number of aromatic nitrogens is 4. The Bertz CT molecular complexity index is 307. The summed E-state index contributed by atoms with van der Waals surface area (Å²) in [6, 6.07) is 0. The molecule has 0 amide bonds. The van der Waals surface area contributed by atoms with E-state index in [0.717, 1.165) is 18.2 Å². The van der Waals surface area contributed by atoms with Crippen molar-refractivity contribution in [3.63, 3.8) is 0 Å². The lowest BCUT2D eigenvalue weighted by atomic mass is 10.5.